The van der Waals surface area contributed by atoms with Crippen LogP contribution in [0.3, 0.4) is 0 Å². The second kappa shape index (κ2) is 4.35. The molecule has 1 heterocycles. The molecule has 3 rings (SSSR count). The van der Waals surface area contributed by atoms with Crippen molar-refractivity contribution in [3.05, 3.63) is 58.9 Å². The summed E-state index contributed by atoms with van der Waals surface area (Å²) in [4.78, 5) is 4.40. The minimum absolute atomic E-state index is 0.567. The van der Waals surface area contributed by atoms with Gasteiger partial charge >= 0.3 is 0 Å². The average molecular weight is 259 g/mol. The third-order valence-corrected chi connectivity index (χ3v) is 3.11. The monoisotopic (exact) mass is 258 g/mol. The molecule has 0 fully saturated rings. The van der Waals surface area contributed by atoms with Crippen molar-refractivity contribution in [1.29, 1.82) is 0 Å². The van der Waals surface area contributed by atoms with Gasteiger partial charge in [-0.1, -0.05) is 35.9 Å². The van der Waals surface area contributed by atoms with Crippen LogP contribution in [-0.4, -0.2) is 4.98 Å². The molecule has 0 spiro atoms. The van der Waals surface area contributed by atoms with Crippen molar-refractivity contribution in [2.24, 2.45) is 0 Å². The van der Waals surface area contributed by atoms with Crippen LogP contribution in [0.1, 0.15) is 11.5 Å². The number of halogens is 1. The van der Waals surface area contributed by atoms with Gasteiger partial charge in [0.25, 0.3) is 0 Å². The van der Waals surface area contributed by atoms with Crippen molar-refractivity contribution in [3.63, 3.8) is 0 Å². The lowest BCUT2D eigenvalue weighted by Crippen LogP contribution is -1.95. The Hall–Kier alpha value is -2.00. The van der Waals surface area contributed by atoms with E-state index in [0.717, 1.165) is 16.8 Å². The van der Waals surface area contributed by atoms with Gasteiger partial charge in [0, 0.05) is 5.69 Å². The van der Waals surface area contributed by atoms with Crippen LogP contribution in [0, 0.1) is 0 Å². The van der Waals surface area contributed by atoms with E-state index in [1.54, 1.807) is 6.07 Å². The summed E-state index contributed by atoms with van der Waals surface area (Å²) in [5, 5.41) is 0.576. The molecule has 0 saturated heterocycles. The van der Waals surface area contributed by atoms with Gasteiger partial charge in [0.1, 0.15) is 5.52 Å². The molecule has 0 saturated carbocycles. The van der Waals surface area contributed by atoms with E-state index in [-0.39, 0.29) is 0 Å². The summed E-state index contributed by atoms with van der Waals surface area (Å²) in [7, 11) is 0. The Morgan fingerprint density at radius 2 is 1.94 bits per heavy atom. The largest absolute Gasteiger partial charge is 0.439 e. The van der Waals surface area contributed by atoms with Crippen LogP contribution in [0.15, 0.2) is 46.9 Å². The van der Waals surface area contributed by atoms with Crippen LogP contribution in [0.25, 0.3) is 11.1 Å². The van der Waals surface area contributed by atoms with Gasteiger partial charge in [-0.25, -0.2) is 4.98 Å². The minimum Gasteiger partial charge on any atom is -0.439 e. The van der Waals surface area contributed by atoms with Crippen LogP contribution >= 0.6 is 11.6 Å². The van der Waals surface area contributed by atoms with Gasteiger partial charge in [-0.2, -0.15) is 0 Å². The lowest BCUT2D eigenvalue weighted by molar-refractivity contribution is 0.544. The number of nitrogens with two attached hydrogens (primary N) is 1. The number of aromatic nitrogens is 1. The van der Waals surface area contributed by atoms with E-state index in [1.807, 2.05) is 36.4 Å². The van der Waals surface area contributed by atoms with E-state index in [9.17, 15) is 0 Å². The lowest BCUT2D eigenvalue weighted by atomic mass is 10.1. The highest BCUT2D eigenvalue weighted by Crippen LogP contribution is 2.25. The first-order chi connectivity index (χ1) is 8.74. The topological polar surface area (TPSA) is 52.0 Å². The minimum atomic E-state index is 0.567. The van der Waals surface area contributed by atoms with E-state index in [2.05, 4.69) is 4.98 Å². The quantitative estimate of drug-likeness (QED) is 0.714. The molecule has 0 atom stereocenters. The highest BCUT2D eigenvalue weighted by atomic mass is 35.5. The van der Waals surface area contributed by atoms with Crippen molar-refractivity contribution in [1.82, 2.24) is 4.98 Å². The summed E-state index contributed by atoms with van der Waals surface area (Å²) in [5.74, 6) is 0.621. The van der Waals surface area contributed by atoms with Crippen molar-refractivity contribution in [2.75, 3.05) is 5.73 Å². The summed E-state index contributed by atoms with van der Waals surface area (Å²) in [5.41, 5.74) is 9.04. The van der Waals surface area contributed by atoms with Crippen LogP contribution < -0.4 is 5.73 Å². The Morgan fingerprint density at radius 3 is 2.72 bits per heavy atom. The molecule has 0 radical (unpaired) electrons. The number of fused-ring (bicyclic) bond motifs is 1. The second-order valence-corrected chi connectivity index (χ2v) is 4.48. The standard InChI is InChI=1S/C14H11ClN2O/c15-10-5-3-7-12-14(10)18-13(17-12)8-9-4-1-2-6-11(9)16/h1-7H,8,16H2. The highest BCUT2D eigenvalue weighted by Gasteiger charge is 2.10. The van der Waals surface area contributed by atoms with Crippen LogP contribution in [0.2, 0.25) is 5.02 Å². The molecule has 4 heteroatoms. The summed E-state index contributed by atoms with van der Waals surface area (Å²) >= 11 is 6.05. The molecular weight excluding hydrogens is 248 g/mol. The molecule has 0 aliphatic carbocycles. The summed E-state index contributed by atoms with van der Waals surface area (Å²) < 4.78 is 5.66. The van der Waals surface area contributed by atoms with Gasteiger partial charge in [0.15, 0.2) is 11.5 Å². The SMILES string of the molecule is Nc1ccccc1Cc1nc2cccc(Cl)c2o1. The van der Waals surface area contributed by atoms with Crippen molar-refractivity contribution < 1.29 is 4.42 Å². The van der Waals surface area contributed by atoms with E-state index in [0.29, 0.717) is 22.9 Å². The van der Waals surface area contributed by atoms with Crippen molar-refractivity contribution in [3.8, 4) is 0 Å². The molecule has 0 aliphatic heterocycles. The molecule has 3 aromatic rings. The number of oxazole rings is 1. The number of para-hydroxylation sites is 2. The number of nitrogen functional groups attached to an aromatic ring is 1. The normalized spacial score (nSPS) is 10.9. The second-order valence-electron chi connectivity index (χ2n) is 4.07. The Balaban J connectivity index is 2.01. The van der Waals surface area contributed by atoms with E-state index < -0.39 is 0 Å². The third kappa shape index (κ3) is 1.93. The molecule has 90 valence electrons. The first-order valence-electron chi connectivity index (χ1n) is 5.61. The Kier molecular flexibility index (Phi) is 2.68. The van der Waals surface area contributed by atoms with Gasteiger partial charge in [-0.05, 0) is 23.8 Å². The number of hydrogen-bond acceptors (Lipinski definition) is 3. The van der Waals surface area contributed by atoms with E-state index in [1.165, 1.54) is 0 Å². The van der Waals surface area contributed by atoms with Crippen LogP contribution in [0.4, 0.5) is 5.69 Å². The van der Waals surface area contributed by atoms with E-state index >= 15 is 0 Å². The molecule has 2 aromatic carbocycles. The molecular formula is C14H11ClN2O. The fourth-order valence-electron chi connectivity index (χ4n) is 1.90. The maximum Gasteiger partial charge on any atom is 0.200 e. The van der Waals surface area contributed by atoms with Gasteiger partial charge < -0.3 is 10.2 Å². The number of hydrogen-bond donors (Lipinski definition) is 1. The number of anilines is 1. The van der Waals surface area contributed by atoms with E-state index in [4.69, 9.17) is 21.8 Å². The summed E-state index contributed by atoms with van der Waals surface area (Å²) in [6.07, 6.45) is 0.567. The smallest absolute Gasteiger partial charge is 0.200 e. The molecule has 3 nitrogen and oxygen atoms in total. The summed E-state index contributed by atoms with van der Waals surface area (Å²) in [6, 6.07) is 13.2. The van der Waals surface area contributed by atoms with Gasteiger partial charge in [0.2, 0.25) is 0 Å². The number of nitrogens with zero attached hydrogens (tertiary/aromatic N) is 1. The molecule has 0 aliphatic rings. The third-order valence-electron chi connectivity index (χ3n) is 2.81. The van der Waals surface area contributed by atoms with Crippen LogP contribution in [0.5, 0.6) is 0 Å². The predicted molar refractivity (Wildman–Crippen MR) is 72.7 cm³/mol. The summed E-state index contributed by atoms with van der Waals surface area (Å²) in [6.45, 7) is 0. The van der Waals surface area contributed by atoms with Gasteiger partial charge in [-0.15, -0.1) is 0 Å². The zero-order valence-electron chi connectivity index (χ0n) is 9.56. The Bertz CT molecular complexity index is 706. The fraction of sp³-hybridized carbons (Fsp3) is 0.0714. The first-order valence-corrected chi connectivity index (χ1v) is 5.99. The molecule has 0 bridgehead atoms. The number of benzene rings is 2. The first kappa shape index (κ1) is 11.1. The molecule has 0 unspecified atom stereocenters. The lowest BCUT2D eigenvalue weighted by Gasteiger charge is -2.01. The highest BCUT2D eigenvalue weighted by molar-refractivity contribution is 6.34. The average Bonchev–Trinajstić information content (AvgIpc) is 2.76. The Labute approximate surface area is 109 Å². The fourth-order valence-corrected chi connectivity index (χ4v) is 2.10. The predicted octanol–water partition coefficient (Wildman–Crippen LogP) is 3.65. The zero-order chi connectivity index (χ0) is 12.5. The zero-order valence-corrected chi connectivity index (χ0v) is 10.3. The molecule has 2 N–H and O–H groups in total. The van der Waals surface area contributed by atoms with Crippen molar-refractivity contribution in [2.45, 2.75) is 6.42 Å². The molecule has 1 aromatic heterocycles. The number of rotatable bonds is 2. The maximum absolute atomic E-state index is 6.05. The maximum atomic E-state index is 6.05. The molecule has 0 amide bonds. The van der Waals surface area contributed by atoms with Gasteiger partial charge in [0.05, 0.1) is 11.4 Å². The van der Waals surface area contributed by atoms with Crippen LogP contribution in [-0.2, 0) is 6.42 Å². The van der Waals surface area contributed by atoms with Crippen molar-refractivity contribution >= 4 is 28.4 Å². The van der Waals surface area contributed by atoms with Gasteiger partial charge in [-0.3, -0.25) is 0 Å². The Morgan fingerprint density at radius 1 is 1.11 bits per heavy atom. The molecule has 18 heavy (non-hydrogen) atoms.